The first kappa shape index (κ1) is 15.8. The number of aliphatic imine (C=N–C) groups is 1. The van der Waals surface area contributed by atoms with Crippen LogP contribution in [-0.4, -0.2) is 34.0 Å². The lowest BCUT2D eigenvalue weighted by atomic mass is 10.4. The van der Waals surface area contributed by atoms with E-state index in [0.717, 1.165) is 44.0 Å². The van der Waals surface area contributed by atoms with Crippen molar-refractivity contribution in [2.75, 3.05) is 19.8 Å². The van der Waals surface area contributed by atoms with Gasteiger partial charge in [0.2, 0.25) is 0 Å². The van der Waals surface area contributed by atoms with Gasteiger partial charge in [-0.2, -0.15) is 0 Å². The molecule has 0 spiro atoms. The molecule has 0 bridgehead atoms. The molecule has 0 rings (SSSR count). The third-order valence-electron chi connectivity index (χ3n) is 2.50. The SMILES string of the molecule is CCO[Si](CC)(CCCN=C(C)C)OCC. The molecule has 0 unspecified atom stereocenters. The van der Waals surface area contributed by atoms with Crippen LogP contribution in [0.1, 0.15) is 41.0 Å². The minimum Gasteiger partial charge on any atom is -0.394 e. The Morgan fingerprint density at radius 2 is 1.62 bits per heavy atom. The number of nitrogens with zero attached hydrogens (tertiary/aromatic N) is 1. The second-order valence-electron chi connectivity index (χ2n) is 4.06. The molecule has 0 atom stereocenters. The van der Waals surface area contributed by atoms with E-state index in [1.807, 2.05) is 27.7 Å². The van der Waals surface area contributed by atoms with E-state index in [1.165, 1.54) is 0 Å². The zero-order valence-corrected chi connectivity index (χ0v) is 12.5. The largest absolute Gasteiger partial charge is 0.394 e. The van der Waals surface area contributed by atoms with Crippen molar-refractivity contribution < 1.29 is 8.85 Å². The Morgan fingerprint density at radius 1 is 1.06 bits per heavy atom. The Hall–Kier alpha value is -0.193. The Morgan fingerprint density at radius 3 is 2.00 bits per heavy atom. The molecule has 3 nitrogen and oxygen atoms in total. The van der Waals surface area contributed by atoms with E-state index in [2.05, 4.69) is 11.9 Å². The molecule has 0 heterocycles. The number of hydrogen-bond acceptors (Lipinski definition) is 3. The van der Waals surface area contributed by atoms with Gasteiger partial charge < -0.3 is 8.85 Å². The normalized spacial score (nSPS) is 11.6. The fraction of sp³-hybridized carbons (Fsp3) is 0.917. The summed E-state index contributed by atoms with van der Waals surface area (Å²) in [6.45, 7) is 12.8. The van der Waals surface area contributed by atoms with Gasteiger partial charge in [-0.15, -0.1) is 0 Å². The standard InChI is InChI=1S/C12H27NO2Si/c1-6-14-16(8-3,15-7-2)11-9-10-13-12(4)5/h6-11H2,1-5H3. The van der Waals surface area contributed by atoms with Gasteiger partial charge in [0.15, 0.2) is 0 Å². The van der Waals surface area contributed by atoms with E-state index in [9.17, 15) is 0 Å². The van der Waals surface area contributed by atoms with Crippen LogP contribution in [0.15, 0.2) is 4.99 Å². The van der Waals surface area contributed by atoms with Crippen molar-refractivity contribution in [2.24, 2.45) is 4.99 Å². The van der Waals surface area contributed by atoms with Crippen molar-refractivity contribution in [2.45, 2.75) is 53.1 Å². The molecule has 96 valence electrons. The van der Waals surface area contributed by atoms with Gasteiger partial charge in [0.25, 0.3) is 0 Å². The first-order valence-corrected chi connectivity index (χ1v) is 8.58. The molecule has 0 saturated heterocycles. The molecule has 0 aliphatic rings. The summed E-state index contributed by atoms with van der Waals surface area (Å²) in [5.74, 6) is 0. The zero-order valence-electron chi connectivity index (χ0n) is 11.5. The molecule has 16 heavy (non-hydrogen) atoms. The molecule has 0 radical (unpaired) electrons. The summed E-state index contributed by atoms with van der Waals surface area (Å²) in [5, 5.41) is 0. The first-order chi connectivity index (χ1) is 7.60. The summed E-state index contributed by atoms with van der Waals surface area (Å²) in [6.07, 6.45) is 1.07. The van der Waals surface area contributed by atoms with Crippen LogP contribution in [0.5, 0.6) is 0 Å². The van der Waals surface area contributed by atoms with Gasteiger partial charge in [-0.25, -0.2) is 0 Å². The highest BCUT2D eigenvalue weighted by Crippen LogP contribution is 2.20. The van der Waals surface area contributed by atoms with Gasteiger partial charge in [-0.05, 0) is 46.2 Å². The van der Waals surface area contributed by atoms with Gasteiger partial charge in [0, 0.05) is 25.5 Å². The van der Waals surface area contributed by atoms with Crippen LogP contribution in [0, 0.1) is 0 Å². The highest BCUT2D eigenvalue weighted by Gasteiger charge is 2.34. The van der Waals surface area contributed by atoms with Crippen molar-refractivity contribution in [3.8, 4) is 0 Å². The average molecular weight is 245 g/mol. The third kappa shape index (κ3) is 6.40. The third-order valence-corrected chi connectivity index (χ3v) is 6.32. The molecule has 0 aliphatic carbocycles. The Bertz CT molecular complexity index is 197. The minimum atomic E-state index is -1.91. The average Bonchev–Trinajstić information content (AvgIpc) is 2.24. The van der Waals surface area contributed by atoms with E-state index < -0.39 is 8.56 Å². The topological polar surface area (TPSA) is 30.8 Å². The molecule has 0 saturated carbocycles. The quantitative estimate of drug-likeness (QED) is 0.354. The molecule has 0 aliphatic heterocycles. The van der Waals surface area contributed by atoms with Gasteiger partial charge >= 0.3 is 8.56 Å². The summed E-state index contributed by atoms with van der Waals surface area (Å²) >= 11 is 0. The van der Waals surface area contributed by atoms with Crippen molar-refractivity contribution in [1.29, 1.82) is 0 Å². The molecule has 0 aromatic heterocycles. The summed E-state index contributed by atoms with van der Waals surface area (Å²) < 4.78 is 11.8. The predicted molar refractivity (Wildman–Crippen MR) is 72.6 cm³/mol. The van der Waals surface area contributed by atoms with Crippen molar-refractivity contribution in [1.82, 2.24) is 0 Å². The number of hydrogen-bond donors (Lipinski definition) is 0. The maximum atomic E-state index is 5.89. The van der Waals surface area contributed by atoms with Crippen LogP contribution in [0.4, 0.5) is 0 Å². The molecule has 0 aromatic rings. The lowest BCUT2D eigenvalue weighted by Crippen LogP contribution is -2.41. The van der Waals surface area contributed by atoms with Gasteiger partial charge in [-0.3, -0.25) is 4.99 Å². The Balaban J connectivity index is 4.13. The molecule has 0 N–H and O–H groups in total. The molecular formula is C12H27NO2Si. The zero-order chi connectivity index (χ0) is 12.4. The molecule has 0 amide bonds. The van der Waals surface area contributed by atoms with Crippen LogP contribution < -0.4 is 0 Å². The first-order valence-electron chi connectivity index (χ1n) is 6.35. The molecule has 4 heteroatoms. The minimum absolute atomic E-state index is 0.760. The fourth-order valence-electron chi connectivity index (χ4n) is 1.74. The smallest absolute Gasteiger partial charge is 0.337 e. The van der Waals surface area contributed by atoms with Crippen LogP contribution in [0.3, 0.4) is 0 Å². The maximum Gasteiger partial charge on any atom is 0.337 e. The van der Waals surface area contributed by atoms with Gasteiger partial charge in [0.05, 0.1) is 0 Å². The van der Waals surface area contributed by atoms with E-state index >= 15 is 0 Å². The summed E-state index contributed by atoms with van der Waals surface area (Å²) in [7, 11) is -1.91. The van der Waals surface area contributed by atoms with Crippen LogP contribution >= 0.6 is 0 Å². The summed E-state index contributed by atoms with van der Waals surface area (Å²) in [6, 6.07) is 2.09. The molecular weight excluding hydrogens is 218 g/mol. The predicted octanol–water partition coefficient (Wildman–Crippen LogP) is 3.39. The van der Waals surface area contributed by atoms with Crippen molar-refractivity contribution in [3.63, 3.8) is 0 Å². The van der Waals surface area contributed by atoms with E-state index in [0.29, 0.717) is 0 Å². The van der Waals surface area contributed by atoms with E-state index in [1.54, 1.807) is 0 Å². The van der Waals surface area contributed by atoms with Crippen LogP contribution in [0.2, 0.25) is 12.1 Å². The highest BCUT2D eigenvalue weighted by atomic mass is 28.4. The highest BCUT2D eigenvalue weighted by molar-refractivity contribution is 6.67. The number of rotatable bonds is 9. The second-order valence-corrected chi connectivity index (χ2v) is 7.67. The molecule has 0 aromatic carbocycles. The Kier molecular flexibility index (Phi) is 8.79. The lowest BCUT2D eigenvalue weighted by Gasteiger charge is -2.28. The van der Waals surface area contributed by atoms with Crippen molar-refractivity contribution >= 4 is 14.3 Å². The van der Waals surface area contributed by atoms with Crippen LogP contribution in [-0.2, 0) is 8.85 Å². The lowest BCUT2D eigenvalue weighted by molar-refractivity contribution is 0.183. The van der Waals surface area contributed by atoms with Crippen molar-refractivity contribution in [3.05, 3.63) is 0 Å². The Labute approximate surface area is 102 Å². The van der Waals surface area contributed by atoms with E-state index in [-0.39, 0.29) is 0 Å². The van der Waals surface area contributed by atoms with Gasteiger partial charge in [0.1, 0.15) is 0 Å². The van der Waals surface area contributed by atoms with Gasteiger partial charge in [-0.1, -0.05) is 6.92 Å². The summed E-state index contributed by atoms with van der Waals surface area (Å²) in [5.41, 5.74) is 1.15. The monoisotopic (exact) mass is 245 g/mol. The van der Waals surface area contributed by atoms with Crippen LogP contribution in [0.25, 0.3) is 0 Å². The summed E-state index contributed by atoms with van der Waals surface area (Å²) in [4.78, 5) is 4.41. The molecule has 0 fully saturated rings. The fourth-order valence-corrected chi connectivity index (χ4v) is 4.63. The second kappa shape index (κ2) is 8.90. The maximum absolute atomic E-state index is 5.89. The van der Waals surface area contributed by atoms with E-state index in [4.69, 9.17) is 8.85 Å².